The Morgan fingerprint density at radius 3 is 2.29 bits per heavy atom. The molecule has 0 aliphatic carbocycles. The van der Waals surface area contributed by atoms with Crippen molar-refractivity contribution in [2.45, 2.75) is 62.2 Å². The first kappa shape index (κ1) is 39.5. The molecule has 302 valence electrons. The van der Waals surface area contributed by atoms with E-state index >= 15 is 4.79 Å². The van der Waals surface area contributed by atoms with Crippen molar-refractivity contribution in [3.05, 3.63) is 167 Å². The van der Waals surface area contributed by atoms with Gasteiger partial charge in [-0.15, -0.1) is 6.58 Å². The number of fused-ring (bicyclic) bond motifs is 3. The SMILES string of the molecule is C=CCc1cn(S(=O)(=O)c2ccc(C)cc2)c2ccc3c(c12)[C@@H](C(=O)O[C@@H](C(=O)N1CCCCC1)c1ccccc1)[C@H](c1ccc(OCc2ccccc2)c(OC)c1)O3. The maximum Gasteiger partial charge on any atom is 0.318 e. The van der Waals surface area contributed by atoms with Crippen LogP contribution in [0.25, 0.3) is 10.9 Å². The summed E-state index contributed by atoms with van der Waals surface area (Å²) in [6.45, 7) is 7.32. The maximum atomic E-state index is 15.1. The Labute approximate surface area is 344 Å². The molecule has 2 aliphatic rings. The molecule has 0 radical (unpaired) electrons. The zero-order valence-electron chi connectivity index (χ0n) is 33.1. The zero-order valence-corrected chi connectivity index (χ0v) is 33.9. The highest BCUT2D eigenvalue weighted by Crippen LogP contribution is 2.52. The van der Waals surface area contributed by atoms with Crippen molar-refractivity contribution in [1.82, 2.24) is 8.87 Å². The first-order valence-electron chi connectivity index (χ1n) is 19.8. The van der Waals surface area contributed by atoms with Crippen molar-refractivity contribution >= 4 is 32.8 Å². The number of allylic oxidation sites excluding steroid dienone is 1. The largest absolute Gasteiger partial charge is 0.493 e. The lowest BCUT2D eigenvalue weighted by Gasteiger charge is -2.31. The van der Waals surface area contributed by atoms with Crippen molar-refractivity contribution in [1.29, 1.82) is 0 Å². The average molecular weight is 811 g/mol. The minimum atomic E-state index is -4.07. The van der Waals surface area contributed by atoms with Crippen LogP contribution in [-0.4, -0.2) is 49.4 Å². The number of benzene rings is 5. The van der Waals surface area contributed by atoms with Crippen LogP contribution >= 0.6 is 0 Å². The number of aromatic nitrogens is 1. The van der Waals surface area contributed by atoms with E-state index in [1.54, 1.807) is 84.9 Å². The van der Waals surface area contributed by atoms with Crippen LogP contribution in [0.1, 0.15) is 70.8 Å². The molecular weight excluding hydrogens is 765 g/mol. The Kier molecular flexibility index (Phi) is 11.3. The van der Waals surface area contributed by atoms with Crippen LogP contribution in [0.2, 0.25) is 0 Å². The van der Waals surface area contributed by atoms with Crippen LogP contribution in [0, 0.1) is 6.92 Å². The lowest BCUT2D eigenvalue weighted by atomic mass is 9.87. The zero-order chi connectivity index (χ0) is 41.1. The Morgan fingerprint density at radius 1 is 0.881 bits per heavy atom. The molecule has 1 saturated heterocycles. The van der Waals surface area contributed by atoms with E-state index in [2.05, 4.69) is 6.58 Å². The second-order valence-corrected chi connectivity index (χ2v) is 16.8. The number of rotatable bonds is 13. The van der Waals surface area contributed by atoms with Crippen LogP contribution in [0.4, 0.5) is 0 Å². The number of piperidine rings is 1. The molecular formula is C48H46N2O8S. The second kappa shape index (κ2) is 16.9. The van der Waals surface area contributed by atoms with Gasteiger partial charge in [-0.1, -0.05) is 90.5 Å². The Balaban J connectivity index is 1.25. The molecule has 1 amide bonds. The number of nitrogens with zero attached hydrogens (tertiary/aromatic N) is 2. The molecule has 3 atom stereocenters. The van der Waals surface area contributed by atoms with Gasteiger partial charge in [0, 0.05) is 35.8 Å². The third-order valence-corrected chi connectivity index (χ3v) is 12.7. The number of esters is 1. The number of hydrogen-bond acceptors (Lipinski definition) is 8. The van der Waals surface area contributed by atoms with Crippen molar-refractivity contribution in [3.8, 4) is 17.2 Å². The average Bonchev–Trinajstić information content (AvgIpc) is 3.85. The molecule has 2 aliphatic heterocycles. The van der Waals surface area contributed by atoms with E-state index in [1.165, 1.54) is 3.97 Å². The van der Waals surface area contributed by atoms with Gasteiger partial charge in [-0.3, -0.25) is 9.59 Å². The molecule has 0 spiro atoms. The molecule has 3 heterocycles. The number of hydrogen-bond donors (Lipinski definition) is 0. The lowest BCUT2D eigenvalue weighted by Crippen LogP contribution is -2.40. The van der Waals surface area contributed by atoms with Crippen molar-refractivity contribution in [3.63, 3.8) is 0 Å². The molecule has 0 N–H and O–H groups in total. The van der Waals surface area contributed by atoms with Crippen LogP contribution < -0.4 is 14.2 Å². The van der Waals surface area contributed by atoms with Gasteiger partial charge in [0.1, 0.15) is 24.4 Å². The highest BCUT2D eigenvalue weighted by Gasteiger charge is 2.46. The van der Waals surface area contributed by atoms with Crippen molar-refractivity contribution in [2.24, 2.45) is 0 Å². The van der Waals surface area contributed by atoms with Crippen LogP contribution in [-0.2, 0) is 37.4 Å². The summed E-state index contributed by atoms with van der Waals surface area (Å²) in [4.78, 5) is 31.3. The summed E-state index contributed by atoms with van der Waals surface area (Å²) in [5.74, 6) is -0.788. The molecule has 5 aromatic carbocycles. The molecule has 1 aromatic heterocycles. The molecule has 0 bridgehead atoms. The van der Waals surface area contributed by atoms with Gasteiger partial charge in [-0.25, -0.2) is 12.4 Å². The summed E-state index contributed by atoms with van der Waals surface area (Å²) in [7, 11) is -2.53. The summed E-state index contributed by atoms with van der Waals surface area (Å²) in [6.07, 6.45) is 4.18. The van der Waals surface area contributed by atoms with E-state index in [0.29, 0.717) is 76.5 Å². The molecule has 0 saturated carbocycles. The van der Waals surface area contributed by atoms with Gasteiger partial charge in [-0.2, -0.15) is 0 Å². The van der Waals surface area contributed by atoms with Gasteiger partial charge in [0.15, 0.2) is 11.5 Å². The number of ether oxygens (including phenoxy) is 4. The summed E-state index contributed by atoms with van der Waals surface area (Å²) in [5, 5.41) is 0.538. The van der Waals surface area contributed by atoms with Crippen LogP contribution in [0.3, 0.4) is 0 Å². The highest BCUT2D eigenvalue weighted by molar-refractivity contribution is 7.90. The summed E-state index contributed by atoms with van der Waals surface area (Å²) in [6, 6.07) is 34.3. The lowest BCUT2D eigenvalue weighted by molar-refractivity contribution is -0.163. The van der Waals surface area contributed by atoms with E-state index in [-0.39, 0.29) is 10.8 Å². The minimum absolute atomic E-state index is 0.124. The van der Waals surface area contributed by atoms with Crippen molar-refractivity contribution in [2.75, 3.05) is 20.2 Å². The monoisotopic (exact) mass is 810 g/mol. The smallest absolute Gasteiger partial charge is 0.318 e. The normalized spacial score (nSPS) is 16.8. The fourth-order valence-electron chi connectivity index (χ4n) is 8.06. The summed E-state index contributed by atoms with van der Waals surface area (Å²) in [5.41, 5.74) is 4.53. The summed E-state index contributed by atoms with van der Waals surface area (Å²) >= 11 is 0. The predicted molar refractivity (Wildman–Crippen MR) is 225 cm³/mol. The molecule has 59 heavy (non-hydrogen) atoms. The van der Waals surface area contributed by atoms with Crippen LogP contribution in [0.5, 0.6) is 17.2 Å². The van der Waals surface area contributed by atoms with Gasteiger partial charge in [0.05, 0.1) is 17.5 Å². The van der Waals surface area contributed by atoms with E-state index in [9.17, 15) is 13.2 Å². The quantitative estimate of drug-likeness (QED) is 0.0840. The first-order valence-corrected chi connectivity index (χ1v) is 21.3. The number of amides is 1. The highest BCUT2D eigenvalue weighted by atomic mass is 32.2. The van der Waals surface area contributed by atoms with E-state index in [4.69, 9.17) is 18.9 Å². The summed E-state index contributed by atoms with van der Waals surface area (Å²) < 4.78 is 55.0. The van der Waals surface area contributed by atoms with Gasteiger partial charge in [0.2, 0.25) is 6.10 Å². The molecule has 8 rings (SSSR count). The Bertz CT molecular complexity index is 2600. The molecule has 11 heteroatoms. The fourth-order valence-corrected chi connectivity index (χ4v) is 9.45. The number of likely N-dealkylation sites (tertiary alicyclic amines) is 1. The number of carbonyl (C=O) groups excluding carboxylic acids is 2. The number of methoxy groups -OCH3 is 1. The van der Waals surface area contributed by atoms with Gasteiger partial charge < -0.3 is 23.8 Å². The van der Waals surface area contributed by atoms with Gasteiger partial charge >= 0.3 is 5.97 Å². The number of aryl methyl sites for hydroxylation is 1. The molecule has 0 unspecified atom stereocenters. The van der Waals surface area contributed by atoms with Gasteiger partial charge in [-0.05, 0) is 85.7 Å². The standard InChI is InChI=1S/C48H46N2O8S/c1-4-14-36-30-50(59(53,54)37-22-19-32(2)20-23-37)38-24-26-40-43(42(36)38)44(48(52)58-46(34-17-10-6-11-18-34)47(51)49-27-12-7-13-28-49)45(57-40)35-21-25-39(41(29-35)55-3)56-31-33-15-8-5-9-16-33/h4-6,8-11,15-26,29-30,44-46H,1,7,12-14,27-28,31H2,2-3H3/t44-,45+,46-/m1/s1. The Hall–Kier alpha value is -6.33. The van der Waals surface area contributed by atoms with Crippen molar-refractivity contribution < 1.29 is 37.0 Å². The van der Waals surface area contributed by atoms with E-state index in [1.807, 2.05) is 61.5 Å². The Morgan fingerprint density at radius 2 is 1.59 bits per heavy atom. The van der Waals surface area contributed by atoms with Crippen LogP contribution in [0.15, 0.2) is 139 Å². The van der Waals surface area contributed by atoms with Gasteiger partial charge in [0.25, 0.3) is 15.9 Å². The third kappa shape index (κ3) is 7.82. The fraction of sp³-hybridized carbons (Fsp3) is 0.250. The minimum Gasteiger partial charge on any atom is -0.493 e. The van der Waals surface area contributed by atoms with E-state index < -0.39 is 34.1 Å². The van der Waals surface area contributed by atoms with E-state index in [0.717, 1.165) is 30.4 Å². The maximum absolute atomic E-state index is 15.1. The second-order valence-electron chi connectivity index (χ2n) is 14.9. The molecule has 1 fully saturated rings. The predicted octanol–water partition coefficient (Wildman–Crippen LogP) is 9.02. The topological polar surface area (TPSA) is 113 Å². The first-order chi connectivity index (χ1) is 28.7. The molecule has 10 nitrogen and oxygen atoms in total. The molecule has 6 aromatic rings. The third-order valence-electron chi connectivity index (χ3n) is 11.1. The number of carbonyl (C=O) groups is 2.